The van der Waals surface area contributed by atoms with E-state index >= 15 is 0 Å². The molecule has 1 N–H and O–H groups in total. The summed E-state index contributed by atoms with van der Waals surface area (Å²) in [5.74, 6) is 1.83. The van der Waals surface area contributed by atoms with Crippen LogP contribution in [0, 0.1) is 6.92 Å². The molecule has 2 aliphatic rings. The molecule has 0 radical (unpaired) electrons. The van der Waals surface area contributed by atoms with E-state index in [4.69, 9.17) is 9.26 Å². The normalized spacial score (nSPS) is 18.4. The van der Waals surface area contributed by atoms with E-state index in [0.717, 1.165) is 43.8 Å². The molecule has 2 fully saturated rings. The van der Waals surface area contributed by atoms with Crippen LogP contribution in [0.5, 0.6) is 5.88 Å². The SMILES string of the molecule is COc1nccnc1NC1CCN(C(=O)c2noc(C)c2CN2CCCCC2)CC1. The van der Waals surface area contributed by atoms with Crippen LogP contribution in [0.25, 0.3) is 0 Å². The zero-order valence-corrected chi connectivity index (χ0v) is 17.8. The second kappa shape index (κ2) is 9.42. The third-order valence-electron chi connectivity index (χ3n) is 6.00. The fourth-order valence-electron chi connectivity index (χ4n) is 4.23. The Hall–Kier alpha value is -2.68. The molecule has 2 saturated heterocycles. The predicted molar refractivity (Wildman–Crippen MR) is 112 cm³/mol. The lowest BCUT2D eigenvalue weighted by atomic mass is 10.0. The van der Waals surface area contributed by atoms with Crippen LogP contribution < -0.4 is 10.1 Å². The van der Waals surface area contributed by atoms with Gasteiger partial charge in [-0.2, -0.15) is 0 Å². The van der Waals surface area contributed by atoms with Gasteiger partial charge in [-0.05, 0) is 45.7 Å². The van der Waals surface area contributed by atoms with Gasteiger partial charge < -0.3 is 19.5 Å². The van der Waals surface area contributed by atoms with E-state index in [0.29, 0.717) is 30.5 Å². The number of hydrogen-bond donors (Lipinski definition) is 1. The number of ether oxygens (including phenoxy) is 1. The Bertz CT molecular complexity index is 856. The molecular weight excluding hydrogens is 384 g/mol. The number of nitrogens with one attached hydrogen (secondary N) is 1. The van der Waals surface area contributed by atoms with Crippen LogP contribution in [0.15, 0.2) is 16.9 Å². The third kappa shape index (κ3) is 4.56. The molecule has 0 saturated carbocycles. The van der Waals surface area contributed by atoms with Crippen LogP contribution in [-0.4, -0.2) is 70.2 Å². The average Bonchev–Trinajstić information content (AvgIpc) is 3.15. The summed E-state index contributed by atoms with van der Waals surface area (Å²) in [7, 11) is 1.58. The van der Waals surface area contributed by atoms with Crippen LogP contribution in [0.2, 0.25) is 0 Å². The number of hydrogen-bond acceptors (Lipinski definition) is 8. The molecule has 0 aromatic carbocycles. The van der Waals surface area contributed by atoms with Crippen molar-refractivity contribution in [3.8, 4) is 5.88 Å². The van der Waals surface area contributed by atoms with Crippen LogP contribution in [-0.2, 0) is 6.54 Å². The summed E-state index contributed by atoms with van der Waals surface area (Å²) >= 11 is 0. The van der Waals surface area contributed by atoms with E-state index in [1.54, 1.807) is 19.5 Å². The number of aryl methyl sites for hydroxylation is 1. The number of carbonyl (C=O) groups is 1. The number of anilines is 1. The van der Waals surface area contributed by atoms with E-state index in [-0.39, 0.29) is 11.9 Å². The number of likely N-dealkylation sites (tertiary alicyclic amines) is 2. The van der Waals surface area contributed by atoms with Crippen molar-refractivity contribution in [2.45, 2.75) is 51.6 Å². The van der Waals surface area contributed by atoms with Gasteiger partial charge >= 0.3 is 0 Å². The van der Waals surface area contributed by atoms with Crippen LogP contribution in [0.4, 0.5) is 5.82 Å². The molecule has 0 aliphatic carbocycles. The molecule has 0 spiro atoms. The molecule has 1 amide bonds. The van der Waals surface area contributed by atoms with Gasteiger partial charge in [-0.25, -0.2) is 9.97 Å². The Morgan fingerprint density at radius 3 is 2.63 bits per heavy atom. The minimum absolute atomic E-state index is 0.0330. The topological polar surface area (TPSA) is 96.6 Å². The number of piperidine rings is 2. The Morgan fingerprint density at radius 1 is 1.17 bits per heavy atom. The van der Waals surface area contributed by atoms with Gasteiger partial charge in [0.05, 0.1) is 7.11 Å². The Kier molecular flexibility index (Phi) is 6.47. The lowest BCUT2D eigenvalue weighted by molar-refractivity contribution is 0.0705. The smallest absolute Gasteiger partial charge is 0.276 e. The van der Waals surface area contributed by atoms with Gasteiger partial charge in [-0.1, -0.05) is 11.6 Å². The molecule has 2 aromatic rings. The molecule has 4 heterocycles. The van der Waals surface area contributed by atoms with Crippen molar-refractivity contribution in [3.63, 3.8) is 0 Å². The number of methoxy groups -OCH3 is 1. The Morgan fingerprint density at radius 2 is 1.90 bits per heavy atom. The minimum Gasteiger partial charge on any atom is -0.478 e. The molecule has 162 valence electrons. The lowest BCUT2D eigenvalue weighted by Crippen LogP contribution is -2.43. The molecular formula is C21H30N6O3. The van der Waals surface area contributed by atoms with Gasteiger partial charge in [0, 0.05) is 43.6 Å². The second-order valence-corrected chi connectivity index (χ2v) is 8.03. The molecule has 0 bridgehead atoms. The first-order chi connectivity index (χ1) is 14.7. The van der Waals surface area contributed by atoms with Gasteiger partial charge in [0.2, 0.25) is 0 Å². The molecule has 9 heteroatoms. The number of rotatable bonds is 6. The average molecular weight is 415 g/mol. The quantitative estimate of drug-likeness (QED) is 0.770. The summed E-state index contributed by atoms with van der Waals surface area (Å²) < 4.78 is 10.7. The predicted octanol–water partition coefficient (Wildman–Crippen LogP) is 2.48. The van der Waals surface area contributed by atoms with Gasteiger partial charge in [-0.3, -0.25) is 9.69 Å². The Labute approximate surface area is 176 Å². The monoisotopic (exact) mass is 414 g/mol. The lowest BCUT2D eigenvalue weighted by Gasteiger charge is -2.32. The molecule has 2 aromatic heterocycles. The summed E-state index contributed by atoms with van der Waals surface area (Å²) in [6, 6.07) is 0.214. The van der Waals surface area contributed by atoms with Crippen molar-refractivity contribution in [1.82, 2.24) is 24.9 Å². The fourth-order valence-corrected chi connectivity index (χ4v) is 4.23. The standard InChI is InChI=1S/C21H30N6O3/c1-15-17(14-26-10-4-3-5-11-26)18(25-30-15)21(28)27-12-6-16(7-13-27)24-19-20(29-2)23-9-8-22-19/h8-9,16H,3-7,10-14H2,1-2H3,(H,22,24). The van der Waals surface area contributed by atoms with Crippen LogP contribution in [0.1, 0.15) is 53.9 Å². The molecule has 0 unspecified atom stereocenters. The van der Waals surface area contributed by atoms with Crippen molar-refractivity contribution >= 4 is 11.7 Å². The van der Waals surface area contributed by atoms with Crippen molar-refractivity contribution < 1.29 is 14.1 Å². The Balaban J connectivity index is 1.36. The highest BCUT2D eigenvalue weighted by Crippen LogP contribution is 2.24. The van der Waals surface area contributed by atoms with E-state index < -0.39 is 0 Å². The first-order valence-corrected chi connectivity index (χ1v) is 10.7. The summed E-state index contributed by atoms with van der Waals surface area (Å²) in [5, 5.41) is 7.51. The summed E-state index contributed by atoms with van der Waals surface area (Å²) in [6.45, 7) is 6.10. The molecule has 4 rings (SSSR count). The maximum atomic E-state index is 13.2. The van der Waals surface area contributed by atoms with Crippen LogP contribution in [0.3, 0.4) is 0 Å². The van der Waals surface area contributed by atoms with Gasteiger partial charge in [0.15, 0.2) is 11.5 Å². The zero-order valence-electron chi connectivity index (χ0n) is 17.8. The van der Waals surface area contributed by atoms with Gasteiger partial charge in [-0.15, -0.1) is 0 Å². The summed E-state index contributed by atoms with van der Waals surface area (Å²) in [5.41, 5.74) is 1.41. The summed E-state index contributed by atoms with van der Waals surface area (Å²) in [6.07, 6.45) is 8.60. The second-order valence-electron chi connectivity index (χ2n) is 8.03. The molecule has 2 aliphatic heterocycles. The summed E-state index contributed by atoms with van der Waals surface area (Å²) in [4.78, 5) is 25.9. The first kappa shape index (κ1) is 20.6. The number of aromatic nitrogens is 3. The van der Waals surface area contributed by atoms with E-state index in [2.05, 4.69) is 25.3 Å². The van der Waals surface area contributed by atoms with E-state index in [1.165, 1.54) is 19.3 Å². The van der Waals surface area contributed by atoms with Crippen molar-refractivity contribution in [2.24, 2.45) is 0 Å². The highest BCUT2D eigenvalue weighted by molar-refractivity contribution is 5.93. The van der Waals surface area contributed by atoms with Crippen molar-refractivity contribution in [2.75, 3.05) is 38.6 Å². The molecule has 0 atom stereocenters. The maximum Gasteiger partial charge on any atom is 0.276 e. The first-order valence-electron chi connectivity index (χ1n) is 10.7. The minimum atomic E-state index is -0.0330. The third-order valence-corrected chi connectivity index (χ3v) is 6.00. The highest BCUT2D eigenvalue weighted by atomic mass is 16.5. The molecule has 30 heavy (non-hydrogen) atoms. The molecule has 9 nitrogen and oxygen atoms in total. The van der Waals surface area contributed by atoms with Crippen molar-refractivity contribution in [3.05, 3.63) is 29.4 Å². The fraction of sp³-hybridized carbons (Fsp3) is 0.619. The van der Waals surface area contributed by atoms with E-state index in [1.807, 2.05) is 11.8 Å². The maximum absolute atomic E-state index is 13.2. The number of nitrogens with zero attached hydrogens (tertiary/aromatic N) is 5. The largest absolute Gasteiger partial charge is 0.478 e. The van der Waals surface area contributed by atoms with Crippen molar-refractivity contribution in [1.29, 1.82) is 0 Å². The highest BCUT2D eigenvalue weighted by Gasteiger charge is 2.29. The van der Waals surface area contributed by atoms with Gasteiger partial charge in [0.25, 0.3) is 11.8 Å². The number of carbonyl (C=O) groups excluding carboxylic acids is 1. The van der Waals surface area contributed by atoms with Crippen LogP contribution >= 0.6 is 0 Å². The van der Waals surface area contributed by atoms with E-state index in [9.17, 15) is 4.79 Å². The zero-order chi connectivity index (χ0) is 20.9. The number of amides is 1. The van der Waals surface area contributed by atoms with Gasteiger partial charge in [0.1, 0.15) is 5.76 Å².